The van der Waals surface area contributed by atoms with Crippen molar-refractivity contribution in [3.63, 3.8) is 0 Å². The summed E-state index contributed by atoms with van der Waals surface area (Å²) in [6.45, 7) is 7.53. The van der Waals surface area contributed by atoms with E-state index in [1.807, 2.05) is 12.1 Å². The average Bonchev–Trinajstić information content (AvgIpc) is 2.27. The summed E-state index contributed by atoms with van der Waals surface area (Å²) in [6, 6.07) is 6.16. The number of hydrogen-bond donors (Lipinski definition) is 1. The molecule has 1 N–H and O–H groups in total. The Morgan fingerprint density at radius 2 is 1.94 bits per heavy atom. The number of rotatable bonds is 6. The monoisotopic (exact) mass is 273 g/mol. The Kier molecular flexibility index (Phi) is 6.32. The van der Waals surface area contributed by atoms with Gasteiger partial charge in [0.2, 0.25) is 0 Å². The highest BCUT2D eigenvalue weighted by Crippen LogP contribution is 2.21. The predicted molar refractivity (Wildman–Crippen MR) is 76.8 cm³/mol. The summed E-state index contributed by atoms with van der Waals surface area (Å²) in [5.74, 6) is 0.762. The molecule has 0 fully saturated rings. The molecule has 0 aliphatic rings. The van der Waals surface area contributed by atoms with Crippen LogP contribution in [0.3, 0.4) is 0 Å². The summed E-state index contributed by atoms with van der Waals surface area (Å²) in [4.78, 5) is 0. The van der Waals surface area contributed by atoms with Gasteiger partial charge in [-0.2, -0.15) is 0 Å². The van der Waals surface area contributed by atoms with E-state index in [4.69, 9.17) is 23.2 Å². The van der Waals surface area contributed by atoms with Gasteiger partial charge >= 0.3 is 0 Å². The SMILES string of the molecule is CCC(C)CC(C)NCc1ccc(Cl)cc1Cl. The third kappa shape index (κ3) is 5.29. The second-order valence-electron chi connectivity index (χ2n) is 4.77. The molecule has 0 saturated heterocycles. The quantitative estimate of drug-likeness (QED) is 0.777. The molecule has 0 aromatic heterocycles. The van der Waals surface area contributed by atoms with E-state index in [-0.39, 0.29) is 0 Å². The first-order chi connectivity index (χ1) is 8.02. The molecule has 0 amide bonds. The summed E-state index contributed by atoms with van der Waals surface area (Å²) in [5, 5.41) is 4.92. The minimum absolute atomic E-state index is 0.511. The van der Waals surface area contributed by atoms with E-state index in [0.29, 0.717) is 11.1 Å². The maximum absolute atomic E-state index is 6.12. The summed E-state index contributed by atoms with van der Waals surface area (Å²) in [6.07, 6.45) is 2.43. The van der Waals surface area contributed by atoms with Crippen molar-refractivity contribution in [1.82, 2.24) is 5.32 Å². The molecule has 0 aliphatic carbocycles. The van der Waals surface area contributed by atoms with Gasteiger partial charge < -0.3 is 5.32 Å². The first kappa shape index (κ1) is 14.8. The molecule has 1 nitrogen and oxygen atoms in total. The van der Waals surface area contributed by atoms with Crippen LogP contribution >= 0.6 is 23.2 Å². The normalized spacial score (nSPS) is 14.6. The zero-order chi connectivity index (χ0) is 12.8. The molecule has 2 unspecified atom stereocenters. The predicted octanol–water partition coefficient (Wildman–Crippen LogP) is 4.91. The van der Waals surface area contributed by atoms with Gasteiger partial charge in [0.25, 0.3) is 0 Å². The molecule has 0 radical (unpaired) electrons. The molecule has 0 heterocycles. The molecule has 0 aliphatic heterocycles. The maximum atomic E-state index is 6.12. The van der Waals surface area contributed by atoms with Crippen molar-refractivity contribution in [3.8, 4) is 0 Å². The van der Waals surface area contributed by atoms with Crippen molar-refractivity contribution in [3.05, 3.63) is 33.8 Å². The molecule has 96 valence electrons. The highest BCUT2D eigenvalue weighted by Gasteiger charge is 2.08. The zero-order valence-electron chi connectivity index (χ0n) is 10.8. The van der Waals surface area contributed by atoms with Gasteiger partial charge in [0, 0.05) is 22.6 Å². The first-order valence-corrected chi connectivity index (χ1v) is 6.95. The first-order valence-electron chi connectivity index (χ1n) is 6.20. The fraction of sp³-hybridized carbons (Fsp3) is 0.571. The number of benzene rings is 1. The lowest BCUT2D eigenvalue weighted by molar-refractivity contribution is 0.412. The Morgan fingerprint density at radius 1 is 1.24 bits per heavy atom. The molecule has 0 spiro atoms. The molecule has 1 aromatic carbocycles. The number of hydrogen-bond acceptors (Lipinski definition) is 1. The molecule has 17 heavy (non-hydrogen) atoms. The minimum Gasteiger partial charge on any atom is -0.310 e. The smallest absolute Gasteiger partial charge is 0.0465 e. The van der Waals surface area contributed by atoms with Crippen LogP contribution in [0.2, 0.25) is 10.0 Å². The minimum atomic E-state index is 0.511. The molecule has 1 aromatic rings. The fourth-order valence-electron chi connectivity index (χ4n) is 1.80. The lowest BCUT2D eigenvalue weighted by Crippen LogP contribution is -2.27. The van der Waals surface area contributed by atoms with Gasteiger partial charge in [0.05, 0.1) is 0 Å². The standard InChI is InChI=1S/C14H21Cl2N/c1-4-10(2)7-11(3)17-9-12-5-6-13(15)8-14(12)16/h5-6,8,10-11,17H,4,7,9H2,1-3H3. The highest BCUT2D eigenvalue weighted by atomic mass is 35.5. The van der Waals surface area contributed by atoms with Crippen LogP contribution < -0.4 is 5.32 Å². The lowest BCUT2D eigenvalue weighted by atomic mass is 10.0. The summed E-state index contributed by atoms with van der Waals surface area (Å²) < 4.78 is 0. The summed E-state index contributed by atoms with van der Waals surface area (Å²) >= 11 is 12.0. The van der Waals surface area contributed by atoms with Gasteiger partial charge in [0.15, 0.2) is 0 Å². The molecular weight excluding hydrogens is 253 g/mol. The Balaban J connectivity index is 2.44. The van der Waals surface area contributed by atoms with Crippen molar-refractivity contribution in [2.24, 2.45) is 5.92 Å². The molecule has 1 rings (SSSR count). The van der Waals surface area contributed by atoms with E-state index in [2.05, 4.69) is 26.1 Å². The second kappa shape index (κ2) is 7.25. The van der Waals surface area contributed by atoms with E-state index < -0.39 is 0 Å². The Morgan fingerprint density at radius 3 is 2.53 bits per heavy atom. The van der Waals surface area contributed by atoms with Gasteiger partial charge in [-0.05, 0) is 37.0 Å². The molecule has 0 bridgehead atoms. The van der Waals surface area contributed by atoms with Crippen molar-refractivity contribution in [1.29, 1.82) is 0 Å². The number of nitrogens with one attached hydrogen (secondary N) is 1. The fourth-order valence-corrected chi connectivity index (χ4v) is 2.28. The van der Waals surface area contributed by atoms with Crippen LogP contribution in [-0.2, 0) is 6.54 Å². The Bertz CT molecular complexity index is 352. The summed E-state index contributed by atoms with van der Waals surface area (Å²) in [7, 11) is 0. The van der Waals surface area contributed by atoms with Crippen molar-refractivity contribution >= 4 is 23.2 Å². The van der Waals surface area contributed by atoms with Crippen LogP contribution in [0.1, 0.15) is 39.2 Å². The largest absolute Gasteiger partial charge is 0.310 e. The van der Waals surface area contributed by atoms with Crippen molar-refractivity contribution < 1.29 is 0 Å². The van der Waals surface area contributed by atoms with Crippen molar-refractivity contribution in [2.45, 2.75) is 46.2 Å². The van der Waals surface area contributed by atoms with Crippen LogP contribution in [0.25, 0.3) is 0 Å². The van der Waals surface area contributed by atoms with Crippen LogP contribution in [0.15, 0.2) is 18.2 Å². The van der Waals surface area contributed by atoms with Crippen molar-refractivity contribution in [2.75, 3.05) is 0 Å². The highest BCUT2D eigenvalue weighted by molar-refractivity contribution is 6.35. The van der Waals surface area contributed by atoms with E-state index >= 15 is 0 Å². The molecule has 0 saturated carbocycles. The lowest BCUT2D eigenvalue weighted by Gasteiger charge is -2.18. The summed E-state index contributed by atoms with van der Waals surface area (Å²) in [5.41, 5.74) is 1.10. The third-order valence-electron chi connectivity index (χ3n) is 3.11. The van der Waals surface area contributed by atoms with Gasteiger partial charge in [-0.25, -0.2) is 0 Å². The maximum Gasteiger partial charge on any atom is 0.0465 e. The van der Waals surface area contributed by atoms with Crippen LogP contribution in [0.4, 0.5) is 0 Å². The average molecular weight is 274 g/mol. The Labute approximate surface area is 115 Å². The van der Waals surface area contributed by atoms with E-state index in [1.54, 1.807) is 6.07 Å². The Hall–Kier alpha value is -0.240. The second-order valence-corrected chi connectivity index (χ2v) is 5.61. The zero-order valence-corrected chi connectivity index (χ0v) is 12.3. The third-order valence-corrected chi connectivity index (χ3v) is 3.70. The van der Waals surface area contributed by atoms with Gasteiger partial charge in [-0.15, -0.1) is 0 Å². The van der Waals surface area contributed by atoms with E-state index in [9.17, 15) is 0 Å². The van der Waals surface area contributed by atoms with Gasteiger partial charge in [0.1, 0.15) is 0 Å². The molecule has 2 atom stereocenters. The van der Waals surface area contributed by atoms with E-state index in [0.717, 1.165) is 23.0 Å². The van der Waals surface area contributed by atoms with Gasteiger partial charge in [-0.3, -0.25) is 0 Å². The van der Waals surface area contributed by atoms with E-state index in [1.165, 1.54) is 12.8 Å². The topological polar surface area (TPSA) is 12.0 Å². The van der Waals surface area contributed by atoms with Crippen LogP contribution in [0.5, 0.6) is 0 Å². The molecular formula is C14H21Cl2N. The van der Waals surface area contributed by atoms with Gasteiger partial charge in [-0.1, -0.05) is 49.5 Å². The van der Waals surface area contributed by atoms with Crippen LogP contribution in [-0.4, -0.2) is 6.04 Å². The number of halogens is 2. The van der Waals surface area contributed by atoms with Crippen LogP contribution in [0, 0.1) is 5.92 Å². The molecule has 3 heteroatoms.